The Morgan fingerprint density at radius 2 is 1.46 bits per heavy atom. The van der Waals surface area contributed by atoms with Crippen molar-refractivity contribution in [3.63, 3.8) is 0 Å². The Balaban J connectivity index is 1.32. The second-order valence-electron chi connectivity index (χ2n) is 7.45. The van der Waals surface area contributed by atoms with Gasteiger partial charge in [0.05, 0.1) is 0 Å². The van der Waals surface area contributed by atoms with Gasteiger partial charge in [0.15, 0.2) is 0 Å². The Morgan fingerprint density at radius 1 is 0.792 bits per heavy atom. The summed E-state index contributed by atoms with van der Waals surface area (Å²) in [7, 11) is 0. The summed E-state index contributed by atoms with van der Waals surface area (Å²) in [4.78, 5) is 30.8. The third kappa shape index (κ3) is 4.85. The number of urea groups is 1. The van der Waals surface area contributed by atoms with E-state index >= 15 is 0 Å². The molecule has 3 fully saturated rings. The van der Waals surface area contributed by atoms with Crippen LogP contribution in [0.15, 0.2) is 0 Å². The zero-order chi connectivity index (χ0) is 16.8. The fourth-order valence-corrected chi connectivity index (χ4v) is 4.07. The van der Waals surface area contributed by atoms with Gasteiger partial charge in [-0.25, -0.2) is 4.79 Å². The van der Waals surface area contributed by atoms with Crippen molar-refractivity contribution < 1.29 is 9.59 Å². The van der Waals surface area contributed by atoms with Gasteiger partial charge in [-0.15, -0.1) is 0 Å². The summed E-state index contributed by atoms with van der Waals surface area (Å²) < 4.78 is 0. The molecular formula is C18H32N4O2. The van der Waals surface area contributed by atoms with Gasteiger partial charge in [0, 0.05) is 58.3 Å². The Hall–Kier alpha value is -1.30. The molecule has 136 valence electrons. The first-order chi connectivity index (χ1) is 11.7. The van der Waals surface area contributed by atoms with Crippen molar-refractivity contribution in [2.75, 3.05) is 45.8 Å². The van der Waals surface area contributed by atoms with Crippen molar-refractivity contribution in [3.05, 3.63) is 0 Å². The fourth-order valence-electron chi connectivity index (χ4n) is 4.07. The SMILES string of the molecule is O=C(CCN1CCN(C(=O)NC2CCCC2)CC1)N1CCCCC1. The number of carbonyl (C=O) groups is 2. The first kappa shape index (κ1) is 17.5. The molecule has 2 aliphatic heterocycles. The molecule has 2 heterocycles. The molecule has 0 spiro atoms. The van der Waals surface area contributed by atoms with Gasteiger partial charge in [-0.05, 0) is 32.1 Å². The molecule has 2 saturated heterocycles. The maximum atomic E-state index is 12.3. The molecule has 0 aromatic carbocycles. The van der Waals surface area contributed by atoms with Crippen LogP contribution in [0.25, 0.3) is 0 Å². The molecule has 0 radical (unpaired) electrons. The van der Waals surface area contributed by atoms with E-state index < -0.39 is 0 Å². The van der Waals surface area contributed by atoms with Gasteiger partial charge in [-0.3, -0.25) is 9.69 Å². The van der Waals surface area contributed by atoms with Crippen molar-refractivity contribution in [1.29, 1.82) is 0 Å². The lowest BCUT2D eigenvalue weighted by molar-refractivity contribution is -0.132. The van der Waals surface area contributed by atoms with Gasteiger partial charge in [0.25, 0.3) is 0 Å². The molecule has 1 aliphatic carbocycles. The van der Waals surface area contributed by atoms with E-state index in [1.807, 2.05) is 9.80 Å². The van der Waals surface area contributed by atoms with Gasteiger partial charge >= 0.3 is 6.03 Å². The highest BCUT2D eigenvalue weighted by Crippen LogP contribution is 2.18. The van der Waals surface area contributed by atoms with Crippen LogP contribution < -0.4 is 5.32 Å². The number of piperidine rings is 1. The lowest BCUT2D eigenvalue weighted by atomic mass is 10.1. The second kappa shape index (κ2) is 8.70. The molecule has 6 nitrogen and oxygen atoms in total. The number of nitrogens with zero attached hydrogens (tertiary/aromatic N) is 3. The van der Waals surface area contributed by atoms with Crippen molar-refractivity contribution in [2.45, 2.75) is 57.4 Å². The van der Waals surface area contributed by atoms with Crippen LogP contribution in [-0.4, -0.2) is 78.5 Å². The van der Waals surface area contributed by atoms with Gasteiger partial charge < -0.3 is 15.1 Å². The Labute approximate surface area is 145 Å². The molecule has 0 bridgehead atoms. The summed E-state index contributed by atoms with van der Waals surface area (Å²) in [6, 6.07) is 0.489. The number of hydrogen-bond acceptors (Lipinski definition) is 3. The zero-order valence-corrected chi connectivity index (χ0v) is 14.8. The smallest absolute Gasteiger partial charge is 0.317 e. The highest BCUT2D eigenvalue weighted by Gasteiger charge is 2.25. The predicted octanol–water partition coefficient (Wildman–Crippen LogP) is 1.66. The van der Waals surface area contributed by atoms with Gasteiger partial charge in [0.1, 0.15) is 0 Å². The Bertz CT molecular complexity index is 423. The first-order valence-corrected chi connectivity index (χ1v) is 9.78. The lowest BCUT2D eigenvalue weighted by Crippen LogP contribution is -2.53. The number of likely N-dealkylation sites (tertiary alicyclic amines) is 1. The van der Waals surface area contributed by atoms with Crippen LogP contribution in [0.1, 0.15) is 51.4 Å². The van der Waals surface area contributed by atoms with Crippen LogP contribution >= 0.6 is 0 Å². The van der Waals surface area contributed by atoms with Crippen molar-refractivity contribution >= 4 is 11.9 Å². The summed E-state index contributed by atoms with van der Waals surface area (Å²) in [5.41, 5.74) is 0. The van der Waals surface area contributed by atoms with Crippen molar-refractivity contribution in [1.82, 2.24) is 20.0 Å². The third-order valence-electron chi connectivity index (χ3n) is 5.69. The van der Waals surface area contributed by atoms with Gasteiger partial charge in [-0.2, -0.15) is 0 Å². The Morgan fingerprint density at radius 3 is 2.12 bits per heavy atom. The number of rotatable bonds is 4. The summed E-state index contributed by atoms with van der Waals surface area (Å²) >= 11 is 0. The maximum absolute atomic E-state index is 12.3. The minimum Gasteiger partial charge on any atom is -0.343 e. The van der Waals surface area contributed by atoms with Crippen LogP contribution in [0, 0.1) is 0 Å². The van der Waals surface area contributed by atoms with E-state index in [1.165, 1.54) is 19.3 Å². The molecule has 3 rings (SSSR count). The summed E-state index contributed by atoms with van der Waals surface area (Å²) in [5, 5.41) is 3.16. The monoisotopic (exact) mass is 336 g/mol. The van der Waals surface area contributed by atoms with E-state index in [0.29, 0.717) is 18.4 Å². The number of nitrogens with one attached hydrogen (secondary N) is 1. The molecule has 24 heavy (non-hydrogen) atoms. The van der Waals surface area contributed by atoms with Crippen LogP contribution in [0.3, 0.4) is 0 Å². The van der Waals surface area contributed by atoms with Crippen LogP contribution in [0.2, 0.25) is 0 Å². The average molecular weight is 336 g/mol. The molecule has 0 aromatic heterocycles. The molecule has 1 saturated carbocycles. The number of amides is 3. The standard InChI is InChI=1S/C18H32N4O2/c23-17(21-9-4-1-5-10-21)8-11-20-12-14-22(15-13-20)18(24)19-16-6-2-3-7-16/h16H,1-15H2,(H,19,24). The number of carbonyl (C=O) groups excluding carboxylic acids is 2. The van der Waals surface area contributed by atoms with Crippen LogP contribution in [-0.2, 0) is 4.79 Å². The molecular weight excluding hydrogens is 304 g/mol. The van der Waals surface area contributed by atoms with Crippen molar-refractivity contribution in [3.8, 4) is 0 Å². The molecule has 1 N–H and O–H groups in total. The minimum atomic E-state index is 0.103. The van der Waals surface area contributed by atoms with E-state index in [4.69, 9.17) is 0 Å². The number of piperazine rings is 1. The van der Waals surface area contributed by atoms with E-state index in [2.05, 4.69) is 10.2 Å². The van der Waals surface area contributed by atoms with E-state index in [-0.39, 0.29) is 6.03 Å². The van der Waals surface area contributed by atoms with Crippen molar-refractivity contribution in [2.24, 2.45) is 0 Å². The average Bonchev–Trinajstić information content (AvgIpc) is 3.14. The molecule has 3 amide bonds. The number of hydrogen-bond donors (Lipinski definition) is 1. The zero-order valence-electron chi connectivity index (χ0n) is 14.8. The van der Waals surface area contributed by atoms with Crippen LogP contribution in [0.4, 0.5) is 4.79 Å². The highest BCUT2D eigenvalue weighted by molar-refractivity contribution is 5.76. The lowest BCUT2D eigenvalue weighted by Gasteiger charge is -2.35. The summed E-state index contributed by atoms with van der Waals surface area (Å²) in [6.45, 7) is 6.01. The molecule has 3 aliphatic rings. The quantitative estimate of drug-likeness (QED) is 0.849. The Kier molecular flexibility index (Phi) is 6.35. The first-order valence-electron chi connectivity index (χ1n) is 9.78. The fraction of sp³-hybridized carbons (Fsp3) is 0.889. The predicted molar refractivity (Wildman–Crippen MR) is 93.8 cm³/mol. The summed E-state index contributed by atoms with van der Waals surface area (Å²) in [6.07, 6.45) is 8.92. The van der Waals surface area contributed by atoms with E-state index in [1.54, 1.807) is 0 Å². The highest BCUT2D eigenvalue weighted by atomic mass is 16.2. The van der Waals surface area contributed by atoms with E-state index in [0.717, 1.165) is 71.5 Å². The normalized spacial score (nSPS) is 23.5. The maximum Gasteiger partial charge on any atom is 0.317 e. The van der Waals surface area contributed by atoms with E-state index in [9.17, 15) is 9.59 Å². The largest absolute Gasteiger partial charge is 0.343 e. The van der Waals surface area contributed by atoms with Gasteiger partial charge in [0.2, 0.25) is 5.91 Å². The molecule has 0 atom stereocenters. The molecule has 0 unspecified atom stereocenters. The molecule has 0 aromatic rings. The topological polar surface area (TPSA) is 55.9 Å². The van der Waals surface area contributed by atoms with Gasteiger partial charge in [-0.1, -0.05) is 12.8 Å². The molecule has 6 heteroatoms. The second-order valence-corrected chi connectivity index (χ2v) is 7.45. The summed E-state index contributed by atoms with van der Waals surface area (Å²) in [5.74, 6) is 0.302. The minimum absolute atomic E-state index is 0.103. The van der Waals surface area contributed by atoms with Crippen LogP contribution in [0.5, 0.6) is 0 Å². The third-order valence-corrected chi connectivity index (χ3v) is 5.69.